The Morgan fingerprint density at radius 3 is 2.79 bits per heavy atom. The molecule has 0 fully saturated rings. The van der Waals surface area contributed by atoms with Crippen molar-refractivity contribution >= 4 is 17.0 Å². The maximum atomic E-state index is 11.0. The van der Waals surface area contributed by atoms with E-state index in [-0.39, 0.29) is 5.91 Å². The first-order chi connectivity index (χ1) is 13.6. The third kappa shape index (κ3) is 4.80. The van der Waals surface area contributed by atoms with Crippen LogP contribution in [0.5, 0.6) is 11.5 Å². The fraction of sp³-hybridized carbons (Fsp3) is 0.333. The van der Waals surface area contributed by atoms with Crippen LogP contribution in [0.2, 0.25) is 0 Å². The van der Waals surface area contributed by atoms with Gasteiger partial charge in [-0.05, 0) is 62.1 Å². The maximum Gasteiger partial charge on any atom is 0.243 e. The number of rotatable bonds is 9. The summed E-state index contributed by atoms with van der Waals surface area (Å²) >= 11 is 0. The molecule has 1 amide bonds. The quantitative estimate of drug-likeness (QED) is 0.325. The van der Waals surface area contributed by atoms with Gasteiger partial charge in [-0.25, -0.2) is 10.5 Å². The lowest BCUT2D eigenvalue weighted by Crippen LogP contribution is -2.17. The molecule has 0 aliphatic carbocycles. The molecule has 0 radical (unpaired) electrons. The molecule has 1 aromatic heterocycles. The average molecular weight is 384 g/mol. The second-order valence-electron chi connectivity index (χ2n) is 6.55. The van der Waals surface area contributed by atoms with Gasteiger partial charge in [0.2, 0.25) is 11.8 Å². The van der Waals surface area contributed by atoms with E-state index in [9.17, 15) is 4.79 Å². The smallest absolute Gasteiger partial charge is 0.243 e. The highest BCUT2D eigenvalue weighted by molar-refractivity contribution is 5.77. The Morgan fingerprint density at radius 2 is 2.00 bits per heavy atom. The largest absolute Gasteiger partial charge is 0.493 e. The van der Waals surface area contributed by atoms with Crippen LogP contribution in [-0.2, 0) is 4.79 Å². The molecule has 0 atom stereocenters. The molecule has 0 unspecified atom stereocenters. The van der Waals surface area contributed by atoms with Gasteiger partial charge in [0.1, 0.15) is 5.52 Å². The van der Waals surface area contributed by atoms with Crippen molar-refractivity contribution in [2.75, 3.05) is 13.7 Å². The summed E-state index contributed by atoms with van der Waals surface area (Å²) in [5.74, 6) is 1.42. The first kappa shape index (κ1) is 19.7. The van der Waals surface area contributed by atoms with Crippen molar-refractivity contribution in [3.63, 3.8) is 0 Å². The van der Waals surface area contributed by atoms with Crippen LogP contribution in [0.1, 0.15) is 31.2 Å². The van der Waals surface area contributed by atoms with E-state index in [1.807, 2.05) is 43.3 Å². The van der Waals surface area contributed by atoms with Crippen LogP contribution in [0, 0.1) is 6.92 Å². The summed E-state index contributed by atoms with van der Waals surface area (Å²) in [6.07, 6.45) is 2.63. The fourth-order valence-electron chi connectivity index (χ4n) is 2.88. The number of oxazole rings is 1. The number of aromatic nitrogens is 1. The molecule has 28 heavy (non-hydrogen) atoms. The molecule has 0 saturated heterocycles. The van der Waals surface area contributed by atoms with Crippen LogP contribution in [0.4, 0.5) is 0 Å². The van der Waals surface area contributed by atoms with E-state index in [0.717, 1.165) is 35.1 Å². The lowest BCUT2D eigenvalue weighted by atomic mass is 10.2. The van der Waals surface area contributed by atoms with Gasteiger partial charge < -0.3 is 13.9 Å². The van der Waals surface area contributed by atoms with E-state index in [1.54, 1.807) is 12.6 Å². The minimum absolute atomic E-state index is 0.304. The zero-order valence-corrected chi connectivity index (χ0v) is 16.0. The lowest BCUT2D eigenvalue weighted by Gasteiger charge is -2.11. The summed E-state index contributed by atoms with van der Waals surface area (Å²) in [5.41, 5.74) is 5.13. The van der Waals surface area contributed by atoms with Gasteiger partial charge in [0, 0.05) is 12.0 Å². The van der Waals surface area contributed by atoms with Crippen molar-refractivity contribution in [3.8, 4) is 23.0 Å². The highest BCUT2D eigenvalue weighted by atomic mass is 16.5. The summed E-state index contributed by atoms with van der Waals surface area (Å²) in [5, 5.41) is 8.45. The number of nitrogens with one attached hydrogen (secondary N) is 1. The van der Waals surface area contributed by atoms with Gasteiger partial charge in [-0.3, -0.25) is 10.0 Å². The molecule has 3 aromatic rings. The monoisotopic (exact) mass is 384 g/mol. The summed E-state index contributed by atoms with van der Waals surface area (Å²) in [6.45, 7) is 2.52. The van der Waals surface area contributed by atoms with Crippen LogP contribution >= 0.6 is 0 Å². The predicted octanol–water partition coefficient (Wildman–Crippen LogP) is 4.26. The number of nitrogens with zero attached hydrogens (tertiary/aromatic N) is 1. The summed E-state index contributed by atoms with van der Waals surface area (Å²) in [6, 6.07) is 11.5. The van der Waals surface area contributed by atoms with E-state index in [2.05, 4.69) is 4.98 Å². The molecule has 7 heteroatoms. The van der Waals surface area contributed by atoms with Crippen LogP contribution in [0.3, 0.4) is 0 Å². The van der Waals surface area contributed by atoms with Crippen molar-refractivity contribution < 1.29 is 23.9 Å². The molecule has 0 spiro atoms. The Bertz CT molecular complexity index is 951. The summed E-state index contributed by atoms with van der Waals surface area (Å²) in [4.78, 5) is 15.5. The summed E-state index contributed by atoms with van der Waals surface area (Å²) < 4.78 is 17.1. The molecule has 0 aliphatic rings. The number of benzene rings is 2. The second-order valence-corrected chi connectivity index (χ2v) is 6.55. The number of fused-ring (bicyclic) bond motifs is 1. The van der Waals surface area contributed by atoms with E-state index in [1.165, 1.54) is 0 Å². The van der Waals surface area contributed by atoms with Crippen molar-refractivity contribution in [2.24, 2.45) is 0 Å². The number of carbonyl (C=O) groups is 1. The van der Waals surface area contributed by atoms with Crippen molar-refractivity contribution in [3.05, 3.63) is 42.0 Å². The number of ether oxygens (including phenoxy) is 2. The van der Waals surface area contributed by atoms with Gasteiger partial charge in [0.05, 0.1) is 13.7 Å². The predicted molar refractivity (Wildman–Crippen MR) is 105 cm³/mol. The molecule has 0 saturated carbocycles. The van der Waals surface area contributed by atoms with Crippen LogP contribution in [-0.4, -0.2) is 29.8 Å². The van der Waals surface area contributed by atoms with Crippen LogP contribution < -0.4 is 15.0 Å². The second kappa shape index (κ2) is 9.23. The molecule has 7 nitrogen and oxygen atoms in total. The Hall–Kier alpha value is -3.06. The first-order valence-electron chi connectivity index (χ1n) is 9.22. The number of hydrogen-bond acceptors (Lipinski definition) is 6. The molecule has 3 rings (SSSR count). The number of unbranched alkanes of at least 4 members (excludes halogenated alkanes) is 2. The fourth-order valence-corrected chi connectivity index (χ4v) is 2.88. The Labute approximate surface area is 163 Å². The van der Waals surface area contributed by atoms with E-state index < -0.39 is 0 Å². The Balaban J connectivity index is 1.62. The van der Waals surface area contributed by atoms with Crippen molar-refractivity contribution in [1.29, 1.82) is 0 Å². The molecule has 148 valence electrons. The number of amides is 1. The Morgan fingerprint density at radius 1 is 1.14 bits per heavy atom. The topological polar surface area (TPSA) is 93.8 Å². The van der Waals surface area contributed by atoms with E-state index in [0.29, 0.717) is 36.8 Å². The standard InChI is InChI=1S/C21H24N2O5/c1-14-7-9-16-18(12-14)28-21(22-16)15-8-10-17(19(13-15)26-2)27-11-5-3-4-6-20(24)23-25/h7-10,12-13,25H,3-6,11H2,1-2H3,(H,23,24). The SMILES string of the molecule is COc1cc(-c2nc3ccc(C)cc3o2)ccc1OCCCCCC(=O)NO. The van der Waals surface area contributed by atoms with Crippen LogP contribution in [0.25, 0.3) is 22.6 Å². The molecule has 0 aliphatic heterocycles. The molecule has 1 heterocycles. The maximum absolute atomic E-state index is 11.0. The van der Waals surface area contributed by atoms with Crippen LogP contribution in [0.15, 0.2) is 40.8 Å². The average Bonchev–Trinajstić information content (AvgIpc) is 3.13. The molecular weight excluding hydrogens is 360 g/mol. The lowest BCUT2D eigenvalue weighted by molar-refractivity contribution is -0.129. The molecule has 0 bridgehead atoms. The highest BCUT2D eigenvalue weighted by Gasteiger charge is 2.12. The minimum atomic E-state index is -0.368. The van der Waals surface area contributed by atoms with Gasteiger partial charge in [-0.15, -0.1) is 0 Å². The minimum Gasteiger partial charge on any atom is -0.493 e. The number of aryl methyl sites for hydroxylation is 1. The molecule has 2 N–H and O–H groups in total. The van der Waals surface area contributed by atoms with Gasteiger partial charge in [-0.2, -0.15) is 0 Å². The van der Waals surface area contributed by atoms with Crippen molar-refractivity contribution in [2.45, 2.75) is 32.6 Å². The third-order valence-corrected chi connectivity index (χ3v) is 4.38. The van der Waals surface area contributed by atoms with E-state index in [4.69, 9.17) is 19.1 Å². The third-order valence-electron chi connectivity index (χ3n) is 4.38. The van der Waals surface area contributed by atoms with Gasteiger partial charge >= 0.3 is 0 Å². The van der Waals surface area contributed by atoms with Crippen molar-refractivity contribution in [1.82, 2.24) is 10.5 Å². The zero-order chi connectivity index (χ0) is 19.9. The van der Waals surface area contributed by atoms with Gasteiger partial charge in [-0.1, -0.05) is 6.07 Å². The van der Waals surface area contributed by atoms with Gasteiger partial charge in [0.25, 0.3) is 0 Å². The highest BCUT2D eigenvalue weighted by Crippen LogP contribution is 2.33. The molecular formula is C21H24N2O5. The molecule has 2 aromatic carbocycles. The normalized spacial score (nSPS) is 10.8. The Kier molecular flexibility index (Phi) is 6.49. The van der Waals surface area contributed by atoms with Gasteiger partial charge in [0.15, 0.2) is 17.1 Å². The number of hydroxylamine groups is 1. The number of carbonyl (C=O) groups excluding carboxylic acids is 1. The zero-order valence-electron chi connectivity index (χ0n) is 16.0. The van der Waals surface area contributed by atoms with E-state index >= 15 is 0 Å². The number of hydrogen-bond donors (Lipinski definition) is 2. The first-order valence-corrected chi connectivity index (χ1v) is 9.22. The summed E-state index contributed by atoms with van der Waals surface area (Å²) in [7, 11) is 1.59. The number of methoxy groups -OCH3 is 1.